The molecule has 0 atom stereocenters. The molecule has 0 saturated carbocycles. The average molecular weight is 445 g/mol. The van der Waals surface area contributed by atoms with E-state index in [-0.39, 0.29) is 17.0 Å². The molecule has 0 aliphatic heterocycles. The lowest BCUT2D eigenvalue weighted by molar-refractivity contribution is 0.0599. The van der Waals surface area contributed by atoms with E-state index in [0.29, 0.717) is 11.4 Å². The minimum atomic E-state index is -3.91. The fraction of sp³-hybridized carbons (Fsp3) is 0.273. The molecule has 0 fully saturated rings. The summed E-state index contributed by atoms with van der Waals surface area (Å²) in [5, 5.41) is 0.760. The lowest BCUT2D eigenvalue weighted by atomic mass is 10.1. The van der Waals surface area contributed by atoms with E-state index in [4.69, 9.17) is 4.74 Å². The molecular weight excluding hydrogens is 420 g/mol. The van der Waals surface area contributed by atoms with Gasteiger partial charge in [-0.1, -0.05) is 35.9 Å². The van der Waals surface area contributed by atoms with Crippen molar-refractivity contribution in [2.45, 2.75) is 32.6 Å². The fourth-order valence-corrected chi connectivity index (χ4v) is 5.58. The minimum absolute atomic E-state index is 0.0274. The summed E-state index contributed by atoms with van der Waals surface area (Å²) in [6, 6.07) is 12.4. The van der Waals surface area contributed by atoms with Crippen LogP contribution in [0.4, 0.5) is 5.82 Å². The van der Waals surface area contributed by atoms with Crippen LogP contribution in [0.2, 0.25) is 0 Å². The van der Waals surface area contributed by atoms with E-state index >= 15 is 0 Å². The summed E-state index contributed by atoms with van der Waals surface area (Å²) < 4.78 is 32.9. The summed E-state index contributed by atoms with van der Waals surface area (Å²) in [4.78, 5) is 17.5. The first-order valence-electron chi connectivity index (χ1n) is 9.45. The number of methoxy groups -OCH3 is 1. The van der Waals surface area contributed by atoms with Gasteiger partial charge in [0.1, 0.15) is 5.01 Å². The van der Waals surface area contributed by atoms with E-state index in [2.05, 4.69) is 4.98 Å². The third kappa shape index (κ3) is 4.11. The van der Waals surface area contributed by atoms with Crippen LogP contribution in [0.25, 0.3) is 10.6 Å². The lowest BCUT2D eigenvalue weighted by Crippen LogP contribution is -2.31. The highest BCUT2D eigenvalue weighted by Crippen LogP contribution is 2.35. The summed E-state index contributed by atoms with van der Waals surface area (Å²) in [5.74, 6) is -0.169. The molecule has 30 heavy (non-hydrogen) atoms. The number of sulfonamides is 1. The van der Waals surface area contributed by atoms with Crippen LogP contribution in [0.3, 0.4) is 0 Å². The number of carbonyl (C=O) groups is 1. The van der Waals surface area contributed by atoms with Crippen molar-refractivity contribution in [2.24, 2.45) is 0 Å². The first-order chi connectivity index (χ1) is 14.2. The second-order valence-electron chi connectivity index (χ2n) is 6.90. The van der Waals surface area contributed by atoms with Crippen LogP contribution >= 0.6 is 11.3 Å². The van der Waals surface area contributed by atoms with Gasteiger partial charge in [-0.2, -0.15) is 0 Å². The number of carbonyl (C=O) groups excluding carboxylic acids is 1. The number of aromatic nitrogens is 1. The van der Waals surface area contributed by atoms with Gasteiger partial charge in [-0.15, -0.1) is 11.3 Å². The molecule has 0 N–H and O–H groups in total. The van der Waals surface area contributed by atoms with Crippen LogP contribution in [-0.4, -0.2) is 33.0 Å². The van der Waals surface area contributed by atoms with Gasteiger partial charge in [-0.25, -0.2) is 22.5 Å². The third-order valence-electron chi connectivity index (χ3n) is 4.80. The molecule has 0 unspecified atom stereocenters. The monoisotopic (exact) mass is 444 g/mol. The van der Waals surface area contributed by atoms with Crippen LogP contribution < -0.4 is 4.31 Å². The van der Waals surface area contributed by atoms with Crippen molar-refractivity contribution >= 4 is 33.1 Å². The molecule has 0 aliphatic rings. The highest BCUT2D eigenvalue weighted by atomic mass is 32.2. The van der Waals surface area contributed by atoms with Gasteiger partial charge in [-0.3, -0.25) is 0 Å². The zero-order chi connectivity index (χ0) is 22.1. The Labute approximate surface area is 181 Å². The minimum Gasteiger partial charge on any atom is -0.465 e. The molecule has 0 bridgehead atoms. The number of thiazole rings is 1. The molecule has 3 rings (SSSR count). The number of rotatable bonds is 6. The zero-order valence-electron chi connectivity index (χ0n) is 17.6. The molecular formula is C22H24N2O4S2. The predicted molar refractivity (Wildman–Crippen MR) is 120 cm³/mol. The second-order valence-corrected chi connectivity index (χ2v) is 9.97. The highest BCUT2D eigenvalue weighted by Gasteiger charge is 2.29. The third-order valence-corrected chi connectivity index (χ3v) is 7.67. The maximum Gasteiger partial charge on any atom is 0.338 e. The fourth-order valence-electron chi connectivity index (χ4n) is 3.09. The molecule has 1 heterocycles. The van der Waals surface area contributed by atoms with Crippen LogP contribution in [0, 0.1) is 20.8 Å². The molecule has 8 heteroatoms. The maximum absolute atomic E-state index is 13.4. The van der Waals surface area contributed by atoms with Gasteiger partial charge in [0.15, 0.2) is 5.82 Å². The van der Waals surface area contributed by atoms with Gasteiger partial charge in [0.2, 0.25) is 0 Å². The Bertz CT molecular complexity index is 1180. The van der Waals surface area contributed by atoms with Crippen molar-refractivity contribution in [3.05, 3.63) is 64.0 Å². The van der Waals surface area contributed by atoms with E-state index in [1.807, 2.05) is 38.1 Å². The number of benzene rings is 2. The SMILES string of the molecule is CCN(c1nc(-c2ccc(C)cc2)sc1C)S(=O)(=O)c1ccc(C)c(C(=O)OC)c1. The van der Waals surface area contributed by atoms with Crippen molar-refractivity contribution in [3.8, 4) is 10.6 Å². The van der Waals surface area contributed by atoms with Gasteiger partial charge < -0.3 is 4.74 Å². The summed E-state index contributed by atoms with van der Waals surface area (Å²) in [6.45, 7) is 7.58. The number of aryl methyl sites for hydroxylation is 3. The Morgan fingerprint density at radius 1 is 1.10 bits per heavy atom. The van der Waals surface area contributed by atoms with E-state index in [1.54, 1.807) is 19.9 Å². The average Bonchev–Trinajstić information content (AvgIpc) is 3.09. The van der Waals surface area contributed by atoms with Crippen LogP contribution in [-0.2, 0) is 14.8 Å². The molecule has 158 valence electrons. The summed E-state index contributed by atoms with van der Waals surface area (Å²) in [5.41, 5.74) is 2.96. The largest absolute Gasteiger partial charge is 0.465 e. The quantitative estimate of drug-likeness (QED) is 0.514. The van der Waals surface area contributed by atoms with E-state index in [1.165, 1.54) is 34.9 Å². The number of hydrogen-bond donors (Lipinski definition) is 0. The molecule has 0 spiro atoms. The number of esters is 1. The molecule has 3 aromatic rings. The Morgan fingerprint density at radius 2 is 1.77 bits per heavy atom. The number of hydrogen-bond acceptors (Lipinski definition) is 6. The van der Waals surface area contributed by atoms with E-state index < -0.39 is 16.0 Å². The first kappa shape index (κ1) is 22.0. The maximum atomic E-state index is 13.4. The smallest absolute Gasteiger partial charge is 0.338 e. The molecule has 0 amide bonds. The molecule has 0 saturated heterocycles. The number of anilines is 1. The lowest BCUT2D eigenvalue weighted by Gasteiger charge is -2.22. The molecule has 0 radical (unpaired) electrons. The summed E-state index contributed by atoms with van der Waals surface area (Å²) >= 11 is 1.45. The standard InChI is InChI=1S/C22H24N2O4S2/c1-6-24(20-16(4)29-21(23-20)17-10-7-14(2)8-11-17)30(26,27)18-12-9-15(3)19(13-18)22(25)28-5/h7-13H,6H2,1-5H3. The normalized spacial score (nSPS) is 11.4. The number of ether oxygens (including phenoxy) is 1. The first-order valence-corrected chi connectivity index (χ1v) is 11.7. The van der Waals surface area contributed by atoms with Crippen LogP contribution in [0.15, 0.2) is 47.4 Å². The van der Waals surface area contributed by atoms with Gasteiger partial charge >= 0.3 is 5.97 Å². The Balaban J connectivity index is 2.05. The van der Waals surface area contributed by atoms with Gasteiger partial charge in [-0.05, 0) is 45.4 Å². The van der Waals surface area contributed by atoms with Crippen molar-refractivity contribution in [1.82, 2.24) is 4.98 Å². The Kier molecular flexibility index (Phi) is 6.28. The Hall–Kier alpha value is -2.71. The summed E-state index contributed by atoms with van der Waals surface area (Å²) in [7, 11) is -2.64. The highest BCUT2D eigenvalue weighted by molar-refractivity contribution is 7.92. The van der Waals surface area contributed by atoms with Crippen molar-refractivity contribution in [2.75, 3.05) is 18.0 Å². The van der Waals surface area contributed by atoms with Crippen molar-refractivity contribution in [1.29, 1.82) is 0 Å². The van der Waals surface area contributed by atoms with Gasteiger partial charge in [0, 0.05) is 17.0 Å². The molecule has 1 aromatic heterocycles. The molecule has 6 nitrogen and oxygen atoms in total. The molecule has 2 aromatic carbocycles. The van der Waals surface area contributed by atoms with Gasteiger partial charge in [0.25, 0.3) is 10.0 Å². The predicted octanol–water partition coefficient (Wildman–Crippen LogP) is 4.74. The molecule has 0 aliphatic carbocycles. The van der Waals surface area contributed by atoms with E-state index in [9.17, 15) is 13.2 Å². The summed E-state index contributed by atoms with van der Waals surface area (Å²) in [6.07, 6.45) is 0. The second kappa shape index (κ2) is 8.57. The van der Waals surface area contributed by atoms with Crippen LogP contribution in [0.5, 0.6) is 0 Å². The van der Waals surface area contributed by atoms with E-state index in [0.717, 1.165) is 21.0 Å². The zero-order valence-corrected chi connectivity index (χ0v) is 19.2. The number of nitrogens with zero attached hydrogens (tertiary/aromatic N) is 2. The Morgan fingerprint density at radius 3 is 2.37 bits per heavy atom. The van der Waals surface area contributed by atoms with Crippen molar-refractivity contribution in [3.63, 3.8) is 0 Å². The topological polar surface area (TPSA) is 76.6 Å². The van der Waals surface area contributed by atoms with Crippen LogP contribution in [0.1, 0.15) is 33.3 Å². The van der Waals surface area contributed by atoms with Gasteiger partial charge in [0.05, 0.1) is 17.6 Å². The van der Waals surface area contributed by atoms with Crippen molar-refractivity contribution < 1.29 is 17.9 Å².